The second-order valence-corrected chi connectivity index (χ2v) is 5.77. The van der Waals surface area contributed by atoms with Crippen molar-refractivity contribution in [3.8, 4) is 11.3 Å². The summed E-state index contributed by atoms with van der Waals surface area (Å²) in [7, 11) is 0. The van der Waals surface area contributed by atoms with E-state index in [-0.39, 0.29) is 12.5 Å². The molecular weight excluding hydrogens is 302 g/mol. The molecule has 24 heavy (non-hydrogen) atoms. The monoisotopic (exact) mass is 321 g/mol. The predicted molar refractivity (Wildman–Crippen MR) is 93.9 cm³/mol. The number of aliphatic hydroxyl groups excluding tert-OH is 1. The number of hydrogen-bond acceptors (Lipinski definition) is 3. The third-order valence-corrected chi connectivity index (χ3v) is 3.90. The van der Waals surface area contributed by atoms with Crippen LogP contribution in [0, 0.1) is 13.8 Å². The average molecular weight is 321 g/mol. The van der Waals surface area contributed by atoms with Crippen LogP contribution in [0.15, 0.2) is 59.0 Å². The Morgan fingerprint density at radius 2 is 1.79 bits per heavy atom. The Labute approximate surface area is 140 Å². The maximum atomic E-state index is 12.4. The van der Waals surface area contributed by atoms with Gasteiger partial charge in [-0.15, -0.1) is 0 Å². The standard InChI is InChI=1S/C20H19NO3/c1-13-3-6-15(7-4-13)20(23)21-18-11-16(8-5-14(18)2)19-10-9-17(12-22)24-19/h3-11,22H,12H2,1-2H3,(H,21,23). The highest BCUT2D eigenvalue weighted by Crippen LogP contribution is 2.27. The van der Waals surface area contributed by atoms with Crippen LogP contribution in [0.1, 0.15) is 27.2 Å². The van der Waals surface area contributed by atoms with E-state index >= 15 is 0 Å². The van der Waals surface area contributed by atoms with E-state index in [1.54, 1.807) is 6.07 Å². The van der Waals surface area contributed by atoms with Gasteiger partial charge in [-0.3, -0.25) is 4.79 Å². The molecule has 2 aromatic carbocycles. The van der Waals surface area contributed by atoms with Gasteiger partial charge in [0, 0.05) is 16.8 Å². The van der Waals surface area contributed by atoms with Gasteiger partial charge in [-0.1, -0.05) is 29.8 Å². The Bertz CT molecular complexity index is 863. The summed E-state index contributed by atoms with van der Waals surface area (Å²) in [6.07, 6.45) is 0. The highest BCUT2D eigenvalue weighted by molar-refractivity contribution is 6.04. The lowest BCUT2D eigenvalue weighted by molar-refractivity contribution is 0.102. The number of furan rings is 1. The second kappa shape index (κ2) is 6.72. The summed E-state index contributed by atoms with van der Waals surface area (Å²) in [5, 5.41) is 12.1. The van der Waals surface area contributed by atoms with E-state index in [0.29, 0.717) is 17.1 Å². The van der Waals surface area contributed by atoms with Crippen LogP contribution in [-0.4, -0.2) is 11.0 Å². The number of aliphatic hydroxyl groups is 1. The van der Waals surface area contributed by atoms with Gasteiger partial charge in [0.2, 0.25) is 0 Å². The van der Waals surface area contributed by atoms with E-state index in [4.69, 9.17) is 9.52 Å². The first-order valence-corrected chi connectivity index (χ1v) is 7.75. The molecule has 0 aliphatic carbocycles. The molecule has 0 saturated heterocycles. The minimum Gasteiger partial charge on any atom is -0.459 e. The zero-order valence-corrected chi connectivity index (χ0v) is 13.7. The number of nitrogens with one attached hydrogen (secondary N) is 1. The van der Waals surface area contributed by atoms with Gasteiger partial charge in [0.25, 0.3) is 5.91 Å². The maximum Gasteiger partial charge on any atom is 0.255 e. The summed E-state index contributed by atoms with van der Waals surface area (Å²) in [6.45, 7) is 3.79. The molecule has 3 aromatic rings. The molecule has 0 bridgehead atoms. The minimum absolute atomic E-state index is 0.136. The number of carbonyl (C=O) groups is 1. The van der Waals surface area contributed by atoms with Crippen LogP contribution in [0.2, 0.25) is 0 Å². The first kappa shape index (κ1) is 16.0. The molecule has 0 aliphatic heterocycles. The minimum atomic E-state index is -0.147. The Morgan fingerprint density at radius 1 is 1.04 bits per heavy atom. The van der Waals surface area contributed by atoms with Crippen molar-refractivity contribution < 1.29 is 14.3 Å². The molecule has 4 nitrogen and oxygen atoms in total. The van der Waals surface area contributed by atoms with Gasteiger partial charge in [-0.2, -0.15) is 0 Å². The van der Waals surface area contributed by atoms with Crippen LogP contribution >= 0.6 is 0 Å². The van der Waals surface area contributed by atoms with Crippen molar-refractivity contribution in [2.75, 3.05) is 5.32 Å². The van der Waals surface area contributed by atoms with E-state index in [1.807, 2.05) is 62.4 Å². The van der Waals surface area contributed by atoms with Crippen molar-refractivity contribution in [3.63, 3.8) is 0 Å². The van der Waals surface area contributed by atoms with E-state index in [9.17, 15) is 4.79 Å². The largest absolute Gasteiger partial charge is 0.459 e. The van der Waals surface area contributed by atoms with Crippen molar-refractivity contribution in [2.24, 2.45) is 0 Å². The van der Waals surface area contributed by atoms with Crippen LogP contribution in [0.3, 0.4) is 0 Å². The van der Waals surface area contributed by atoms with Crippen molar-refractivity contribution in [3.05, 3.63) is 77.0 Å². The molecule has 1 amide bonds. The number of anilines is 1. The Morgan fingerprint density at radius 3 is 2.46 bits per heavy atom. The summed E-state index contributed by atoms with van der Waals surface area (Å²) in [5.41, 5.74) is 4.28. The maximum absolute atomic E-state index is 12.4. The molecular formula is C20H19NO3. The van der Waals surface area contributed by atoms with E-state index in [1.165, 1.54) is 0 Å². The molecule has 0 atom stereocenters. The second-order valence-electron chi connectivity index (χ2n) is 5.77. The first-order chi connectivity index (χ1) is 11.6. The smallest absolute Gasteiger partial charge is 0.255 e. The fraction of sp³-hybridized carbons (Fsp3) is 0.150. The molecule has 0 spiro atoms. The zero-order valence-electron chi connectivity index (χ0n) is 13.7. The van der Waals surface area contributed by atoms with Crippen LogP contribution in [-0.2, 0) is 6.61 Å². The molecule has 3 rings (SSSR count). The van der Waals surface area contributed by atoms with Crippen LogP contribution in [0.5, 0.6) is 0 Å². The lowest BCUT2D eigenvalue weighted by atomic mass is 10.1. The van der Waals surface area contributed by atoms with Gasteiger partial charge >= 0.3 is 0 Å². The molecule has 1 heterocycles. The van der Waals surface area contributed by atoms with Crippen LogP contribution < -0.4 is 5.32 Å². The fourth-order valence-corrected chi connectivity index (χ4v) is 2.43. The first-order valence-electron chi connectivity index (χ1n) is 7.75. The predicted octanol–water partition coefficient (Wildman–Crippen LogP) is 4.31. The highest BCUT2D eigenvalue weighted by Gasteiger charge is 2.10. The molecule has 4 heteroatoms. The molecule has 1 aromatic heterocycles. The summed E-state index contributed by atoms with van der Waals surface area (Å²) < 4.78 is 5.55. The summed E-state index contributed by atoms with van der Waals surface area (Å²) in [5.74, 6) is 1.02. The summed E-state index contributed by atoms with van der Waals surface area (Å²) in [6, 6.07) is 16.7. The molecule has 122 valence electrons. The topological polar surface area (TPSA) is 62.5 Å². The summed E-state index contributed by atoms with van der Waals surface area (Å²) in [4.78, 5) is 12.4. The SMILES string of the molecule is Cc1ccc(C(=O)Nc2cc(-c3ccc(CO)o3)ccc2C)cc1. The third-order valence-electron chi connectivity index (χ3n) is 3.90. The quantitative estimate of drug-likeness (QED) is 0.753. The van der Waals surface area contributed by atoms with Crippen molar-refractivity contribution in [1.82, 2.24) is 0 Å². The number of carbonyl (C=O) groups excluding carboxylic acids is 1. The fourth-order valence-electron chi connectivity index (χ4n) is 2.43. The Balaban J connectivity index is 1.86. The highest BCUT2D eigenvalue weighted by atomic mass is 16.4. The van der Waals surface area contributed by atoms with E-state index < -0.39 is 0 Å². The number of amides is 1. The Kier molecular flexibility index (Phi) is 4.49. The van der Waals surface area contributed by atoms with Crippen molar-refractivity contribution >= 4 is 11.6 Å². The van der Waals surface area contributed by atoms with Gasteiger partial charge < -0.3 is 14.8 Å². The number of hydrogen-bond donors (Lipinski definition) is 2. The van der Waals surface area contributed by atoms with E-state index in [2.05, 4.69) is 5.32 Å². The van der Waals surface area contributed by atoms with Gasteiger partial charge in [0.1, 0.15) is 18.1 Å². The number of benzene rings is 2. The lowest BCUT2D eigenvalue weighted by Gasteiger charge is -2.10. The van der Waals surface area contributed by atoms with Crippen LogP contribution in [0.4, 0.5) is 5.69 Å². The van der Waals surface area contributed by atoms with Gasteiger partial charge in [0.05, 0.1) is 0 Å². The van der Waals surface area contributed by atoms with Crippen molar-refractivity contribution in [1.29, 1.82) is 0 Å². The molecule has 0 saturated carbocycles. The molecule has 0 fully saturated rings. The van der Waals surface area contributed by atoms with E-state index in [0.717, 1.165) is 22.4 Å². The third kappa shape index (κ3) is 3.39. The molecule has 0 aliphatic rings. The van der Waals surface area contributed by atoms with Gasteiger partial charge in [-0.05, 0) is 49.7 Å². The lowest BCUT2D eigenvalue weighted by Crippen LogP contribution is -2.12. The molecule has 0 radical (unpaired) electrons. The number of rotatable bonds is 4. The zero-order chi connectivity index (χ0) is 17.1. The molecule has 0 unspecified atom stereocenters. The van der Waals surface area contributed by atoms with Gasteiger partial charge in [0.15, 0.2) is 0 Å². The summed E-state index contributed by atoms with van der Waals surface area (Å²) >= 11 is 0. The average Bonchev–Trinajstić information content (AvgIpc) is 3.06. The molecule has 2 N–H and O–H groups in total. The van der Waals surface area contributed by atoms with Gasteiger partial charge in [-0.25, -0.2) is 0 Å². The number of aryl methyl sites for hydroxylation is 2. The normalized spacial score (nSPS) is 10.6. The Hall–Kier alpha value is -2.85. The van der Waals surface area contributed by atoms with Crippen molar-refractivity contribution in [2.45, 2.75) is 20.5 Å². The van der Waals surface area contributed by atoms with Crippen LogP contribution in [0.25, 0.3) is 11.3 Å².